The Kier molecular flexibility index (Phi) is 4.16. The van der Waals surface area contributed by atoms with Crippen LogP contribution in [0.4, 0.5) is 10.5 Å². The molecule has 5 nitrogen and oxygen atoms in total. The molecule has 0 aromatic heterocycles. The van der Waals surface area contributed by atoms with Gasteiger partial charge in [0.1, 0.15) is 0 Å². The molecule has 0 saturated carbocycles. The van der Waals surface area contributed by atoms with Crippen LogP contribution < -0.4 is 10.2 Å². The van der Waals surface area contributed by atoms with Crippen molar-refractivity contribution in [2.45, 2.75) is 32.1 Å². The van der Waals surface area contributed by atoms with Gasteiger partial charge in [0.25, 0.3) is 0 Å². The van der Waals surface area contributed by atoms with Crippen LogP contribution in [-0.4, -0.2) is 43.5 Å². The molecule has 5 heteroatoms. The van der Waals surface area contributed by atoms with E-state index in [-0.39, 0.29) is 11.9 Å². The summed E-state index contributed by atoms with van der Waals surface area (Å²) < 4.78 is 0. The number of carbonyl (C=O) groups is 2. The lowest BCUT2D eigenvalue weighted by atomic mass is 9.88. The van der Waals surface area contributed by atoms with Crippen molar-refractivity contribution in [1.82, 2.24) is 10.2 Å². The predicted octanol–water partition coefficient (Wildman–Crippen LogP) is 2.25. The molecule has 0 radical (unpaired) electrons. The highest BCUT2D eigenvalue weighted by Crippen LogP contribution is 2.31. The van der Waals surface area contributed by atoms with Crippen LogP contribution in [0.15, 0.2) is 18.2 Å². The predicted molar refractivity (Wildman–Crippen MR) is 86.2 cm³/mol. The summed E-state index contributed by atoms with van der Waals surface area (Å²) in [6, 6.07) is 6.06. The summed E-state index contributed by atoms with van der Waals surface area (Å²) >= 11 is 0. The number of imide groups is 1. The Morgan fingerprint density at radius 3 is 2.50 bits per heavy atom. The van der Waals surface area contributed by atoms with Gasteiger partial charge in [0, 0.05) is 18.7 Å². The molecule has 118 valence electrons. The Morgan fingerprint density at radius 1 is 1.14 bits per heavy atom. The maximum Gasteiger partial charge on any atom is 0.328 e. The molecular formula is C17H23N3O2. The minimum absolute atomic E-state index is 0.193. The van der Waals surface area contributed by atoms with E-state index >= 15 is 0 Å². The number of urea groups is 1. The molecule has 2 heterocycles. The number of rotatable bonds is 2. The van der Waals surface area contributed by atoms with Gasteiger partial charge in [0.05, 0.1) is 0 Å². The van der Waals surface area contributed by atoms with Gasteiger partial charge in [-0.1, -0.05) is 12.1 Å². The summed E-state index contributed by atoms with van der Waals surface area (Å²) in [5.41, 5.74) is 3.37. The van der Waals surface area contributed by atoms with Gasteiger partial charge in [0.15, 0.2) is 0 Å². The van der Waals surface area contributed by atoms with E-state index in [4.69, 9.17) is 0 Å². The molecule has 1 aromatic rings. The fraction of sp³-hybridized carbons (Fsp3) is 0.529. The van der Waals surface area contributed by atoms with E-state index in [1.807, 2.05) is 13.0 Å². The minimum atomic E-state index is -0.314. The van der Waals surface area contributed by atoms with Crippen LogP contribution in [0.5, 0.6) is 0 Å². The number of likely N-dealkylation sites (tertiary alicyclic amines) is 1. The molecule has 0 bridgehead atoms. The second-order valence-electron chi connectivity index (χ2n) is 6.38. The number of piperidine rings is 1. The summed E-state index contributed by atoms with van der Waals surface area (Å²) in [5.74, 6) is 0.419. The van der Waals surface area contributed by atoms with Gasteiger partial charge in [-0.25, -0.2) is 4.79 Å². The third-order valence-corrected chi connectivity index (χ3v) is 4.76. The first-order valence-electron chi connectivity index (χ1n) is 7.95. The molecule has 0 atom stereocenters. The van der Waals surface area contributed by atoms with Gasteiger partial charge < -0.3 is 4.90 Å². The van der Waals surface area contributed by atoms with Crippen LogP contribution >= 0.6 is 0 Å². The van der Waals surface area contributed by atoms with Gasteiger partial charge in [-0.15, -0.1) is 0 Å². The molecule has 3 amide bonds. The third kappa shape index (κ3) is 2.99. The van der Waals surface area contributed by atoms with E-state index in [0.29, 0.717) is 18.9 Å². The van der Waals surface area contributed by atoms with E-state index in [1.54, 1.807) is 4.90 Å². The van der Waals surface area contributed by atoms with Crippen LogP contribution in [0.1, 0.15) is 36.3 Å². The Balaban J connectivity index is 1.77. The third-order valence-electron chi connectivity index (χ3n) is 4.76. The average molecular weight is 301 g/mol. The van der Waals surface area contributed by atoms with E-state index in [2.05, 4.69) is 29.4 Å². The fourth-order valence-electron chi connectivity index (χ4n) is 3.37. The van der Waals surface area contributed by atoms with Crippen molar-refractivity contribution < 1.29 is 9.59 Å². The highest BCUT2D eigenvalue weighted by Gasteiger charge is 2.26. The molecule has 2 fully saturated rings. The normalized spacial score (nSPS) is 21.1. The number of anilines is 1. The van der Waals surface area contributed by atoms with Crippen molar-refractivity contribution in [3.8, 4) is 0 Å². The average Bonchev–Trinajstić information content (AvgIpc) is 2.49. The lowest BCUT2D eigenvalue weighted by Crippen LogP contribution is -2.49. The van der Waals surface area contributed by atoms with Crippen LogP contribution in [-0.2, 0) is 4.79 Å². The monoisotopic (exact) mass is 301 g/mol. The van der Waals surface area contributed by atoms with Gasteiger partial charge >= 0.3 is 6.03 Å². The molecule has 0 spiro atoms. The number of nitrogens with one attached hydrogen (secondary N) is 1. The Labute approximate surface area is 131 Å². The maximum absolute atomic E-state index is 12.0. The maximum atomic E-state index is 12.0. The first-order valence-corrected chi connectivity index (χ1v) is 7.95. The molecule has 2 aliphatic heterocycles. The van der Waals surface area contributed by atoms with Gasteiger partial charge in [-0.3, -0.25) is 15.0 Å². The number of hydrogen-bond acceptors (Lipinski definition) is 3. The second-order valence-corrected chi connectivity index (χ2v) is 6.38. The van der Waals surface area contributed by atoms with Gasteiger partial charge in [0.2, 0.25) is 5.91 Å². The lowest BCUT2D eigenvalue weighted by Gasteiger charge is -2.31. The molecule has 1 aromatic carbocycles. The number of hydrogen-bond donors (Lipinski definition) is 1. The standard InChI is InChI=1S/C17H23N3O2/c1-12-11-14(13-5-8-19(2)9-6-13)3-4-15(12)20-10-7-16(21)18-17(20)22/h3-4,11,13H,5-10H2,1-2H3,(H,18,21,22). The second kappa shape index (κ2) is 6.08. The van der Waals surface area contributed by atoms with E-state index in [1.165, 1.54) is 18.4 Å². The lowest BCUT2D eigenvalue weighted by molar-refractivity contribution is -0.120. The van der Waals surface area contributed by atoms with Crippen molar-refractivity contribution in [1.29, 1.82) is 0 Å². The van der Waals surface area contributed by atoms with E-state index < -0.39 is 0 Å². The van der Waals surface area contributed by atoms with Crippen LogP contribution in [0, 0.1) is 6.92 Å². The Bertz CT molecular complexity index is 592. The summed E-state index contributed by atoms with van der Waals surface area (Å²) in [5, 5.41) is 2.38. The van der Waals surface area contributed by atoms with Crippen molar-refractivity contribution >= 4 is 17.6 Å². The number of carbonyl (C=O) groups excluding carboxylic acids is 2. The molecule has 0 unspecified atom stereocenters. The largest absolute Gasteiger partial charge is 0.328 e. The van der Waals surface area contributed by atoms with Crippen molar-refractivity contribution in [3.05, 3.63) is 29.3 Å². The molecular weight excluding hydrogens is 278 g/mol. The summed E-state index contributed by atoms with van der Waals surface area (Å²) in [4.78, 5) is 27.3. The minimum Gasteiger partial charge on any atom is -0.306 e. The highest BCUT2D eigenvalue weighted by molar-refractivity contribution is 6.05. The van der Waals surface area contributed by atoms with Crippen molar-refractivity contribution in [2.24, 2.45) is 0 Å². The summed E-state index contributed by atoms with van der Waals surface area (Å²) in [6.07, 6.45) is 2.74. The Morgan fingerprint density at radius 2 is 1.86 bits per heavy atom. The number of nitrogens with zero attached hydrogens (tertiary/aromatic N) is 2. The molecule has 1 N–H and O–H groups in total. The van der Waals surface area contributed by atoms with Crippen molar-refractivity contribution in [3.63, 3.8) is 0 Å². The molecule has 2 saturated heterocycles. The first kappa shape index (κ1) is 15.0. The number of aryl methyl sites for hydroxylation is 1. The van der Waals surface area contributed by atoms with E-state index in [0.717, 1.165) is 24.3 Å². The van der Waals surface area contributed by atoms with Gasteiger partial charge in [-0.2, -0.15) is 0 Å². The summed E-state index contributed by atoms with van der Waals surface area (Å²) in [6.45, 7) is 4.78. The molecule has 3 rings (SSSR count). The smallest absolute Gasteiger partial charge is 0.306 e. The Hall–Kier alpha value is -1.88. The zero-order chi connectivity index (χ0) is 15.7. The molecule has 2 aliphatic rings. The number of benzene rings is 1. The van der Waals surface area contributed by atoms with Crippen LogP contribution in [0.25, 0.3) is 0 Å². The fourth-order valence-corrected chi connectivity index (χ4v) is 3.37. The topological polar surface area (TPSA) is 52.6 Å². The van der Waals surface area contributed by atoms with Gasteiger partial charge in [-0.05, 0) is 63.0 Å². The van der Waals surface area contributed by atoms with E-state index in [9.17, 15) is 9.59 Å². The van der Waals surface area contributed by atoms with Crippen LogP contribution in [0.2, 0.25) is 0 Å². The highest BCUT2D eigenvalue weighted by atomic mass is 16.2. The first-order chi connectivity index (χ1) is 10.5. The zero-order valence-corrected chi connectivity index (χ0v) is 13.3. The SMILES string of the molecule is Cc1cc(C2CCN(C)CC2)ccc1N1CCC(=O)NC1=O. The quantitative estimate of drug-likeness (QED) is 0.911. The zero-order valence-electron chi connectivity index (χ0n) is 13.3. The molecule has 0 aliphatic carbocycles. The van der Waals surface area contributed by atoms with Crippen LogP contribution in [0.3, 0.4) is 0 Å². The van der Waals surface area contributed by atoms with Crippen molar-refractivity contribution in [2.75, 3.05) is 31.6 Å². The number of amides is 3. The molecule has 22 heavy (non-hydrogen) atoms. The summed E-state index contributed by atoms with van der Waals surface area (Å²) in [7, 11) is 2.17.